The molecule has 4 rings (SSSR count). The lowest BCUT2D eigenvalue weighted by Crippen LogP contribution is -2.49. The molecule has 0 unspecified atom stereocenters. The molecule has 31 heavy (non-hydrogen) atoms. The van der Waals surface area contributed by atoms with Crippen LogP contribution in [0.25, 0.3) is 11.0 Å². The standard InChI is InChI=1S/C24H29N3O3S/c1-29-18-9-7-17(8-10-18)24(12-14-30-15-13-24)23(28)27-21(11-16-31-2)22-25-19-5-3-4-6-20(19)26-22/h3-10,21H,11-16H2,1-2H3,(H,25,26)(H,27,28)/t21-/m0/s1. The van der Waals surface area contributed by atoms with Crippen molar-refractivity contribution in [1.29, 1.82) is 0 Å². The van der Waals surface area contributed by atoms with Crippen LogP contribution in [0.15, 0.2) is 48.5 Å². The zero-order valence-electron chi connectivity index (χ0n) is 18.0. The van der Waals surface area contributed by atoms with Crippen molar-refractivity contribution >= 4 is 28.7 Å². The molecule has 0 saturated carbocycles. The molecule has 3 aromatic rings. The van der Waals surface area contributed by atoms with Gasteiger partial charge in [0, 0.05) is 13.2 Å². The molecule has 1 saturated heterocycles. The van der Waals surface area contributed by atoms with Crippen LogP contribution in [0.4, 0.5) is 0 Å². The second-order valence-corrected chi connectivity index (χ2v) is 8.86. The van der Waals surface area contributed by atoms with Crippen molar-refractivity contribution < 1.29 is 14.3 Å². The van der Waals surface area contributed by atoms with Gasteiger partial charge in [0.25, 0.3) is 0 Å². The van der Waals surface area contributed by atoms with Crippen molar-refractivity contribution in [3.8, 4) is 5.75 Å². The van der Waals surface area contributed by atoms with Crippen molar-refractivity contribution in [1.82, 2.24) is 15.3 Å². The number of hydrogen-bond donors (Lipinski definition) is 2. The summed E-state index contributed by atoms with van der Waals surface area (Å²) in [6.45, 7) is 1.14. The first-order chi connectivity index (χ1) is 15.2. The number of hydrogen-bond acceptors (Lipinski definition) is 5. The Hall–Kier alpha value is -2.51. The van der Waals surface area contributed by atoms with E-state index in [9.17, 15) is 4.79 Å². The number of aromatic nitrogens is 2. The fourth-order valence-corrected chi connectivity index (χ4v) is 4.70. The van der Waals surface area contributed by atoms with Crippen LogP contribution in [-0.4, -0.2) is 48.2 Å². The first-order valence-electron chi connectivity index (χ1n) is 10.6. The fourth-order valence-electron chi connectivity index (χ4n) is 4.22. The molecule has 0 spiro atoms. The van der Waals surface area contributed by atoms with Crippen molar-refractivity contribution in [3.63, 3.8) is 0 Å². The van der Waals surface area contributed by atoms with E-state index in [4.69, 9.17) is 14.5 Å². The lowest BCUT2D eigenvalue weighted by molar-refractivity contribution is -0.131. The number of thioether (sulfide) groups is 1. The Morgan fingerprint density at radius 2 is 1.97 bits per heavy atom. The van der Waals surface area contributed by atoms with E-state index in [-0.39, 0.29) is 11.9 Å². The lowest BCUT2D eigenvalue weighted by atomic mass is 9.73. The highest BCUT2D eigenvalue weighted by Gasteiger charge is 2.42. The van der Waals surface area contributed by atoms with Gasteiger partial charge in [-0.15, -0.1) is 0 Å². The third-order valence-electron chi connectivity index (χ3n) is 6.08. The number of amides is 1. The largest absolute Gasteiger partial charge is 0.497 e. The highest BCUT2D eigenvalue weighted by molar-refractivity contribution is 7.98. The first-order valence-corrected chi connectivity index (χ1v) is 12.0. The van der Waals surface area contributed by atoms with Crippen LogP contribution < -0.4 is 10.1 Å². The molecular formula is C24H29N3O3S. The number of H-pyrrole nitrogens is 1. The van der Waals surface area contributed by atoms with Gasteiger partial charge in [-0.3, -0.25) is 4.79 Å². The quantitative estimate of drug-likeness (QED) is 0.549. The van der Waals surface area contributed by atoms with Crippen molar-refractivity contribution in [2.45, 2.75) is 30.7 Å². The molecule has 1 aliphatic heterocycles. The van der Waals surface area contributed by atoms with E-state index in [1.807, 2.05) is 48.5 Å². The molecule has 2 N–H and O–H groups in total. The summed E-state index contributed by atoms with van der Waals surface area (Å²) in [5, 5.41) is 3.33. The van der Waals surface area contributed by atoms with Crippen LogP contribution in [0.5, 0.6) is 5.75 Å². The van der Waals surface area contributed by atoms with Crippen molar-refractivity contribution in [2.24, 2.45) is 0 Å². The Balaban J connectivity index is 1.63. The maximum Gasteiger partial charge on any atom is 0.231 e. The number of ether oxygens (including phenoxy) is 2. The molecule has 2 heterocycles. The van der Waals surface area contributed by atoms with Crippen LogP contribution in [-0.2, 0) is 14.9 Å². The van der Waals surface area contributed by atoms with Gasteiger partial charge in [-0.25, -0.2) is 4.98 Å². The van der Waals surface area contributed by atoms with Crippen LogP contribution in [0, 0.1) is 0 Å². The van der Waals surface area contributed by atoms with Crippen molar-refractivity contribution in [2.75, 3.05) is 32.3 Å². The molecule has 1 fully saturated rings. The molecule has 1 aromatic heterocycles. The van der Waals surface area contributed by atoms with E-state index in [1.165, 1.54) is 0 Å². The summed E-state index contributed by atoms with van der Waals surface area (Å²) in [4.78, 5) is 22.0. The Labute approximate surface area is 187 Å². The normalized spacial score (nSPS) is 16.7. The lowest BCUT2D eigenvalue weighted by Gasteiger charge is -2.37. The second-order valence-electron chi connectivity index (χ2n) is 7.87. The van der Waals surface area contributed by atoms with Gasteiger partial charge in [0.2, 0.25) is 5.91 Å². The number of aromatic amines is 1. The Kier molecular flexibility index (Phi) is 6.83. The monoisotopic (exact) mass is 439 g/mol. The predicted octanol–water partition coefficient (Wildman–Crippen LogP) is 4.23. The number of imidazole rings is 1. The van der Waals surface area contributed by atoms with Crippen LogP contribution in [0.3, 0.4) is 0 Å². The van der Waals surface area contributed by atoms with Gasteiger partial charge < -0.3 is 19.8 Å². The molecule has 6 nitrogen and oxygen atoms in total. The molecule has 7 heteroatoms. The number of nitrogens with one attached hydrogen (secondary N) is 2. The molecule has 0 radical (unpaired) electrons. The van der Waals surface area contributed by atoms with Gasteiger partial charge in [-0.1, -0.05) is 24.3 Å². The molecular weight excluding hydrogens is 410 g/mol. The van der Waals surface area contributed by atoms with E-state index < -0.39 is 5.41 Å². The average Bonchev–Trinajstić information content (AvgIpc) is 3.26. The minimum absolute atomic E-state index is 0.0347. The molecule has 1 atom stereocenters. The summed E-state index contributed by atoms with van der Waals surface area (Å²) < 4.78 is 10.9. The molecule has 2 aromatic carbocycles. The minimum Gasteiger partial charge on any atom is -0.497 e. The minimum atomic E-state index is -0.617. The second kappa shape index (κ2) is 9.75. The zero-order chi connectivity index (χ0) is 21.7. The van der Waals surface area contributed by atoms with Crippen LogP contribution >= 0.6 is 11.8 Å². The summed E-state index contributed by atoms with van der Waals surface area (Å²) >= 11 is 1.77. The van der Waals surface area contributed by atoms with Gasteiger partial charge in [0.05, 0.1) is 29.6 Å². The van der Waals surface area contributed by atoms with E-state index >= 15 is 0 Å². The maximum atomic E-state index is 13.8. The van der Waals surface area contributed by atoms with Gasteiger partial charge in [-0.05, 0) is 61.1 Å². The molecule has 0 bridgehead atoms. The maximum absolute atomic E-state index is 13.8. The number of benzene rings is 2. The summed E-state index contributed by atoms with van der Waals surface area (Å²) in [6, 6.07) is 15.6. The van der Waals surface area contributed by atoms with E-state index in [1.54, 1.807) is 18.9 Å². The summed E-state index contributed by atoms with van der Waals surface area (Å²) in [6.07, 6.45) is 4.19. The number of fused-ring (bicyclic) bond motifs is 1. The van der Waals surface area contributed by atoms with Gasteiger partial charge in [0.15, 0.2) is 0 Å². The number of carbonyl (C=O) groups excluding carboxylic acids is 1. The Morgan fingerprint density at radius 1 is 1.23 bits per heavy atom. The van der Waals surface area contributed by atoms with Crippen molar-refractivity contribution in [3.05, 3.63) is 59.9 Å². The van der Waals surface area contributed by atoms with Gasteiger partial charge >= 0.3 is 0 Å². The number of rotatable bonds is 8. The Morgan fingerprint density at radius 3 is 2.65 bits per heavy atom. The SMILES string of the molecule is COc1ccc(C2(C(=O)N[C@@H](CCSC)c3nc4ccccc4[nH]3)CCOCC2)cc1. The number of nitrogens with zero attached hydrogens (tertiary/aromatic N) is 1. The van der Waals surface area contributed by atoms with Gasteiger partial charge in [-0.2, -0.15) is 11.8 Å². The van der Waals surface area contributed by atoms with E-state index in [0.717, 1.165) is 40.3 Å². The van der Waals surface area contributed by atoms with E-state index in [0.29, 0.717) is 26.1 Å². The molecule has 0 aliphatic carbocycles. The third-order valence-corrected chi connectivity index (χ3v) is 6.72. The van der Waals surface area contributed by atoms with Crippen LogP contribution in [0.2, 0.25) is 0 Å². The summed E-state index contributed by atoms with van der Waals surface area (Å²) in [5.41, 5.74) is 2.28. The van der Waals surface area contributed by atoms with E-state index in [2.05, 4.69) is 16.6 Å². The molecule has 164 valence electrons. The fraction of sp³-hybridized carbons (Fsp3) is 0.417. The third kappa shape index (κ3) is 4.57. The summed E-state index contributed by atoms with van der Waals surface area (Å²) in [5.74, 6) is 2.56. The highest BCUT2D eigenvalue weighted by Crippen LogP contribution is 2.37. The number of para-hydroxylation sites is 2. The topological polar surface area (TPSA) is 76.2 Å². The number of carbonyl (C=O) groups is 1. The average molecular weight is 440 g/mol. The summed E-state index contributed by atoms with van der Waals surface area (Å²) in [7, 11) is 1.65. The van der Waals surface area contributed by atoms with Gasteiger partial charge in [0.1, 0.15) is 11.6 Å². The Bertz CT molecular complexity index is 979. The molecule has 1 amide bonds. The first kappa shape index (κ1) is 21.7. The molecule has 1 aliphatic rings. The predicted molar refractivity (Wildman–Crippen MR) is 125 cm³/mol. The smallest absolute Gasteiger partial charge is 0.231 e. The number of methoxy groups -OCH3 is 1. The van der Waals surface area contributed by atoms with Crippen LogP contribution in [0.1, 0.15) is 36.7 Å². The zero-order valence-corrected chi connectivity index (χ0v) is 18.8. The highest BCUT2D eigenvalue weighted by atomic mass is 32.2.